The van der Waals surface area contributed by atoms with Crippen LogP contribution < -0.4 is 5.32 Å². The monoisotopic (exact) mass is 241 g/mol. The van der Waals surface area contributed by atoms with Gasteiger partial charge >= 0.3 is 5.97 Å². The highest BCUT2D eigenvalue weighted by Gasteiger charge is 2.15. The molecule has 0 bridgehead atoms. The lowest BCUT2D eigenvalue weighted by Gasteiger charge is -2.16. The third-order valence-electron chi connectivity index (χ3n) is 2.18. The van der Waals surface area contributed by atoms with E-state index in [1.165, 1.54) is 0 Å². The summed E-state index contributed by atoms with van der Waals surface area (Å²) in [6, 6.07) is 0. The van der Waals surface area contributed by atoms with Crippen molar-refractivity contribution in [2.24, 2.45) is 0 Å². The molecule has 0 aliphatic rings. The van der Waals surface area contributed by atoms with Crippen molar-refractivity contribution in [3.63, 3.8) is 0 Å². The van der Waals surface area contributed by atoms with Gasteiger partial charge in [-0.1, -0.05) is 20.4 Å². The molecule has 1 unspecified atom stereocenters. The first-order valence-corrected chi connectivity index (χ1v) is 5.64. The number of ether oxygens (including phenoxy) is 1. The van der Waals surface area contributed by atoms with Crippen LogP contribution >= 0.6 is 0 Å². The van der Waals surface area contributed by atoms with Gasteiger partial charge in [0, 0.05) is 6.42 Å². The number of amides is 1. The minimum Gasteiger partial charge on any atom is -0.460 e. The maximum atomic E-state index is 11.3. The third kappa shape index (κ3) is 7.27. The van der Waals surface area contributed by atoms with E-state index in [-0.39, 0.29) is 24.7 Å². The first kappa shape index (κ1) is 15.3. The standard InChI is InChI=1S/C12H19NO4/c1-4-9(14)7-12(16)17-10(5-2)8-13-11(15)6-3/h6,10H,3-5,7-8H2,1-2H3,(H,13,15). The predicted molar refractivity (Wildman–Crippen MR) is 63.3 cm³/mol. The molecule has 0 fully saturated rings. The molecular formula is C12H19NO4. The number of nitrogens with one attached hydrogen (secondary N) is 1. The molecule has 0 aromatic rings. The summed E-state index contributed by atoms with van der Waals surface area (Å²) in [5.74, 6) is -1.01. The Kier molecular flexibility index (Phi) is 7.67. The van der Waals surface area contributed by atoms with Crippen LogP contribution in [0, 0.1) is 0 Å². The smallest absolute Gasteiger partial charge is 0.313 e. The quantitative estimate of drug-likeness (QED) is 0.390. The molecule has 0 rings (SSSR count). The largest absolute Gasteiger partial charge is 0.460 e. The van der Waals surface area contributed by atoms with Crippen LogP contribution in [0.3, 0.4) is 0 Å². The fourth-order valence-corrected chi connectivity index (χ4v) is 1.07. The van der Waals surface area contributed by atoms with E-state index in [4.69, 9.17) is 4.74 Å². The highest BCUT2D eigenvalue weighted by atomic mass is 16.5. The topological polar surface area (TPSA) is 72.5 Å². The van der Waals surface area contributed by atoms with E-state index in [1.54, 1.807) is 6.92 Å². The van der Waals surface area contributed by atoms with Crippen molar-refractivity contribution < 1.29 is 19.1 Å². The Hall–Kier alpha value is -1.65. The van der Waals surface area contributed by atoms with E-state index in [0.29, 0.717) is 12.8 Å². The Balaban J connectivity index is 4.03. The van der Waals surface area contributed by atoms with Gasteiger partial charge in [-0.15, -0.1) is 0 Å². The van der Waals surface area contributed by atoms with Gasteiger partial charge in [0.1, 0.15) is 18.3 Å². The number of rotatable bonds is 8. The summed E-state index contributed by atoms with van der Waals surface area (Å²) >= 11 is 0. The van der Waals surface area contributed by atoms with Gasteiger partial charge < -0.3 is 10.1 Å². The average Bonchev–Trinajstić information content (AvgIpc) is 2.33. The van der Waals surface area contributed by atoms with Gasteiger partial charge in [0.05, 0.1) is 6.54 Å². The van der Waals surface area contributed by atoms with Crippen LogP contribution in [0.1, 0.15) is 33.1 Å². The van der Waals surface area contributed by atoms with Crippen molar-refractivity contribution in [2.45, 2.75) is 39.2 Å². The predicted octanol–water partition coefficient (Wildman–Crippen LogP) is 0.980. The molecule has 96 valence electrons. The summed E-state index contributed by atoms with van der Waals surface area (Å²) in [5.41, 5.74) is 0. The second kappa shape index (κ2) is 8.50. The zero-order valence-corrected chi connectivity index (χ0v) is 10.3. The molecule has 5 nitrogen and oxygen atoms in total. The average molecular weight is 241 g/mol. The molecule has 0 aliphatic heterocycles. The summed E-state index contributed by atoms with van der Waals surface area (Å²) in [4.78, 5) is 33.3. The van der Waals surface area contributed by atoms with Gasteiger partial charge in [0.25, 0.3) is 0 Å². The van der Waals surface area contributed by atoms with Gasteiger partial charge in [-0.05, 0) is 12.5 Å². The summed E-state index contributed by atoms with van der Waals surface area (Å²) in [7, 11) is 0. The molecule has 0 spiro atoms. The number of carbonyl (C=O) groups excluding carboxylic acids is 3. The van der Waals surface area contributed by atoms with Crippen LogP contribution in [-0.4, -0.2) is 30.3 Å². The number of hydrogen-bond acceptors (Lipinski definition) is 4. The zero-order chi connectivity index (χ0) is 13.3. The van der Waals surface area contributed by atoms with Crippen molar-refractivity contribution in [1.29, 1.82) is 0 Å². The van der Waals surface area contributed by atoms with Gasteiger partial charge in [-0.2, -0.15) is 0 Å². The second-order valence-corrected chi connectivity index (χ2v) is 3.54. The molecule has 0 radical (unpaired) electrons. The molecule has 0 saturated carbocycles. The van der Waals surface area contributed by atoms with Gasteiger partial charge in [-0.25, -0.2) is 0 Å². The van der Waals surface area contributed by atoms with Crippen LogP contribution in [0.4, 0.5) is 0 Å². The zero-order valence-electron chi connectivity index (χ0n) is 10.3. The van der Waals surface area contributed by atoms with Crippen molar-refractivity contribution >= 4 is 17.7 Å². The molecule has 0 saturated heterocycles. The first-order valence-electron chi connectivity index (χ1n) is 5.64. The fraction of sp³-hybridized carbons (Fsp3) is 0.583. The molecule has 1 N–H and O–H groups in total. The summed E-state index contributed by atoms with van der Waals surface area (Å²) < 4.78 is 5.06. The molecule has 1 atom stereocenters. The summed E-state index contributed by atoms with van der Waals surface area (Å²) in [6.07, 6.45) is 1.43. The van der Waals surface area contributed by atoms with Crippen molar-refractivity contribution in [3.05, 3.63) is 12.7 Å². The lowest BCUT2D eigenvalue weighted by atomic mass is 10.2. The molecule has 0 heterocycles. The highest BCUT2D eigenvalue weighted by Crippen LogP contribution is 2.01. The molecular weight excluding hydrogens is 222 g/mol. The fourth-order valence-electron chi connectivity index (χ4n) is 1.07. The van der Waals surface area contributed by atoms with Crippen molar-refractivity contribution in [2.75, 3.05) is 6.54 Å². The van der Waals surface area contributed by atoms with E-state index in [0.717, 1.165) is 6.08 Å². The molecule has 0 aromatic heterocycles. The molecule has 0 aromatic carbocycles. The molecule has 0 aliphatic carbocycles. The number of hydrogen-bond donors (Lipinski definition) is 1. The lowest BCUT2D eigenvalue weighted by Crippen LogP contribution is -2.34. The number of ketones is 1. The Morgan fingerprint density at radius 3 is 2.47 bits per heavy atom. The van der Waals surface area contributed by atoms with E-state index >= 15 is 0 Å². The number of carbonyl (C=O) groups is 3. The molecule has 5 heteroatoms. The second-order valence-electron chi connectivity index (χ2n) is 3.54. The van der Waals surface area contributed by atoms with Crippen LogP contribution in [0.25, 0.3) is 0 Å². The van der Waals surface area contributed by atoms with Gasteiger partial charge in [-0.3, -0.25) is 14.4 Å². The van der Waals surface area contributed by atoms with Crippen LogP contribution in [0.15, 0.2) is 12.7 Å². The highest BCUT2D eigenvalue weighted by molar-refractivity contribution is 5.95. The van der Waals surface area contributed by atoms with Crippen molar-refractivity contribution in [1.82, 2.24) is 5.32 Å². The van der Waals surface area contributed by atoms with E-state index < -0.39 is 12.1 Å². The van der Waals surface area contributed by atoms with Crippen molar-refractivity contribution in [3.8, 4) is 0 Å². The van der Waals surface area contributed by atoms with Gasteiger partial charge in [0.2, 0.25) is 5.91 Å². The van der Waals surface area contributed by atoms with E-state index in [1.807, 2.05) is 6.92 Å². The molecule has 17 heavy (non-hydrogen) atoms. The minimum atomic E-state index is -0.545. The SMILES string of the molecule is C=CC(=O)NCC(CC)OC(=O)CC(=O)CC. The van der Waals surface area contributed by atoms with Gasteiger partial charge in [0.15, 0.2) is 0 Å². The Morgan fingerprint density at radius 2 is 2.00 bits per heavy atom. The first-order chi connectivity index (χ1) is 8.03. The van der Waals surface area contributed by atoms with Crippen LogP contribution in [-0.2, 0) is 19.1 Å². The maximum Gasteiger partial charge on any atom is 0.313 e. The number of Topliss-reactive ketones (excluding diaryl/α,β-unsaturated/α-hetero) is 1. The molecule has 1 amide bonds. The summed E-state index contributed by atoms with van der Waals surface area (Å²) in [5, 5.41) is 2.54. The Bertz CT molecular complexity index is 299. The normalized spacial score (nSPS) is 11.4. The minimum absolute atomic E-state index is 0.153. The van der Waals surface area contributed by atoms with E-state index in [2.05, 4.69) is 11.9 Å². The van der Waals surface area contributed by atoms with Crippen LogP contribution in [0.5, 0.6) is 0 Å². The van der Waals surface area contributed by atoms with Crippen LogP contribution in [0.2, 0.25) is 0 Å². The lowest BCUT2D eigenvalue weighted by molar-refractivity contribution is -0.151. The third-order valence-corrected chi connectivity index (χ3v) is 2.18. The summed E-state index contributed by atoms with van der Waals surface area (Å²) in [6.45, 7) is 7.07. The maximum absolute atomic E-state index is 11.3. The Labute approximate surface area is 101 Å². The number of esters is 1. The Morgan fingerprint density at radius 1 is 1.35 bits per heavy atom. The van der Waals surface area contributed by atoms with E-state index in [9.17, 15) is 14.4 Å².